The molecule has 2 aromatic rings. The predicted octanol–water partition coefficient (Wildman–Crippen LogP) is 3.34. The van der Waals surface area contributed by atoms with Crippen molar-refractivity contribution in [2.75, 3.05) is 5.43 Å². The summed E-state index contributed by atoms with van der Waals surface area (Å²) in [6, 6.07) is 9.37. The normalized spacial score (nSPS) is 13.4. The van der Waals surface area contributed by atoms with Crippen molar-refractivity contribution in [3.8, 4) is 0 Å². The maximum absolute atomic E-state index is 12.9. The Bertz CT molecular complexity index is 448. The Balaban J connectivity index is 2.27. The summed E-state index contributed by atoms with van der Waals surface area (Å²) in [5.74, 6) is 0. The Morgan fingerprint density at radius 1 is 0.941 bits per heavy atom. The third kappa shape index (κ3) is 2.81. The molecule has 1 atom stereocenters. The lowest BCUT2D eigenvalue weighted by atomic mass is 10.1. The van der Waals surface area contributed by atoms with Crippen LogP contribution in [0.3, 0.4) is 0 Å². The van der Waals surface area contributed by atoms with Gasteiger partial charge in [0.15, 0.2) is 6.04 Å². The van der Waals surface area contributed by atoms with Gasteiger partial charge in [-0.05, 0) is 17.7 Å². The Kier molecular flexibility index (Phi) is 3.08. The summed E-state index contributed by atoms with van der Waals surface area (Å²) in [7, 11) is 0. The molecule has 0 fully saturated rings. The van der Waals surface area contributed by atoms with Gasteiger partial charge in [0.1, 0.15) is 0 Å². The van der Waals surface area contributed by atoms with Crippen LogP contribution in [0, 0.1) is 0 Å². The minimum atomic E-state index is -4.34. The summed E-state index contributed by atoms with van der Waals surface area (Å²) in [5.41, 5.74) is 2.60. The van der Waals surface area contributed by atoms with E-state index in [-0.39, 0.29) is 5.56 Å². The van der Waals surface area contributed by atoms with Gasteiger partial charge < -0.3 is 5.43 Å². The smallest absolute Gasteiger partial charge is 0.310 e. The molecule has 1 aromatic heterocycles. The molecule has 0 saturated heterocycles. The first-order valence-corrected chi connectivity index (χ1v) is 5.08. The second-order valence-corrected chi connectivity index (χ2v) is 3.60. The van der Waals surface area contributed by atoms with Crippen LogP contribution in [0.25, 0.3) is 0 Å². The fourth-order valence-corrected chi connectivity index (χ4v) is 1.55. The second kappa shape index (κ2) is 4.53. The van der Waals surface area contributed by atoms with Crippen molar-refractivity contribution in [2.45, 2.75) is 12.2 Å². The zero-order valence-electron chi connectivity index (χ0n) is 8.85. The van der Waals surface area contributed by atoms with Gasteiger partial charge >= 0.3 is 6.18 Å². The highest BCUT2D eigenvalue weighted by atomic mass is 19.4. The minimum absolute atomic E-state index is 0.189. The lowest BCUT2D eigenvalue weighted by molar-refractivity contribution is -0.146. The fraction of sp³-hybridized carbons (Fsp3) is 0.167. The second-order valence-electron chi connectivity index (χ2n) is 3.60. The van der Waals surface area contributed by atoms with E-state index < -0.39 is 12.2 Å². The molecule has 1 aromatic carbocycles. The first kappa shape index (κ1) is 11.6. The third-order valence-electron chi connectivity index (χ3n) is 2.34. The van der Waals surface area contributed by atoms with Crippen molar-refractivity contribution in [1.82, 2.24) is 4.68 Å². The molecule has 1 N–H and O–H groups in total. The number of hydrogen-bond acceptors (Lipinski definition) is 1. The van der Waals surface area contributed by atoms with Gasteiger partial charge in [-0.25, -0.2) is 0 Å². The van der Waals surface area contributed by atoms with Gasteiger partial charge in [0.2, 0.25) is 0 Å². The van der Waals surface area contributed by atoms with Crippen molar-refractivity contribution in [3.63, 3.8) is 0 Å². The van der Waals surface area contributed by atoms with Crippen LogP contribution in [0.15, 0.2) is 54.9 Å². The molecule has 5 heteroatoms. The highest BCUT2D eigenvalue weighted by Crippen LogP contribution is 2.33. The summed E-state index contributed by atoms with van der Waals surface area (Å²) in [5, 5.41) is 0. The Labute approximate surface area is 96.7 Å². The van der Waals surface area contributed by atoms with Crippen molar-refractivity contribution >= 4 is 0 Å². The quantitative estimate of drug-likeness (QED) is 0.870. The topological polar surface area (TPSA) is 17.0 Å². The number of alkyl halides is 3. The van der Waals surface area contributed by atoms with Crippen LogP contribution in [-0.4, -0.2) is 10.9 Å². The molecular formula is C12H11F3N2. The van der Waals surface area contributed by atoms with E-state index in [4.69, 9.17) is 0 Å². The van der Waals surface area contributed by atoms with Crippen LogP contribution >= 0.6 is 0 Å². The minimum Gasteiger partial charge on any atom is -0.310 e. The van der Waals surface area contributed by atoms with Gasteiger partial charge in [0.05, 0.1) is 0 Å². The number of benzene rings is 1. The number of hydrogen-bond donors (Lipinski definition) is 1. The van der Waals surface area contributed by atoms with Crippen LogP contribution in [0.4, 0.5) is 13.2 Å². The van der Waals surface area contributed by atoms with Crippen molar-refractivity contribution in [2.24, 2.45) is 0 Å². The summed E-state index contributed by atoms with van der Waals surface area (Å²) >= 11 is 0. The van der Waals surface area contributed by atoms with E-state index in [1.54, 1.807) is 30.3 Å². The van der Waals surface area contributed by atoms with E-state index in [1.165, 1.54) is 29.2 Å². The summed E-state index contributed by atoms with van der Waals surface area (Å²) < 4.78 is 40.1. The van der Waals surface area contributed by atoms with Gasteiger partial charge in [-0.3, -0.25) is 4.68 Å². The molecule has 1 heterocycles. The molecule has 0 spiro atoms. The lowest BCUT2D eigenvalue weighted by Gasteiger charge is -2.23. The molecule has 0 radical (unpaired) electrons. The van der Waals surface area contributed by atoms with Crippen LogP contribution in [0.2, 0.25) is 0 Å². The Hall–Kier alpha value is -1.91. The molecule has 2 rings (SSSR count). The zero-order valence-corrected chi connectivity index (χ0v) is 8.85. The van der Waals surface area contributed by atoms with Crippen molar-refractivity contribution in [1.29, 1.82) is 0 Å². The predicted molar refractivity (Wildman–Crippen MR) is 59.0 cm³/mol. The average Bonchev–Trinajstić information content (AvgIpc) is 2.78. The van der Waals surface area contributed by atoms with Crippen molar-refractivity contribution < 1.29 is 13.2 Å². The van der Waals surface area contributed by atoms with E-state index in [0.717, 1.165) is 0 Å². The molecule has 0 aliphatic carbocycles. The molecule has 1 unspecified atom stereocenters. The first-order chi connectivity index (χ1) is 8.07. The van der Waals surface area contributed by atoms with Crippen LogP contribution in [0.5, 0.6) is 0 Å². The fourth-order valence-electron chi connectivity index (χ4n) is 1.55. The molecule has 0 saturated carbocycles. The average molecular weight is 240 g/mol. The van der Waals surface area contributed by atoms with Gasteiger partial charge in [0.25, 0.3) is 0 Å². The first-order valence-electron chi connectivity index (χ1n) is 5.08. The van der Waals surface area contributed by atoms with Gasteiger partial charge in [-0.2, -0.15) is 13.2 Å². The van der Waals surface area contributed by atoms with Crippen molar-refractivity contribution in [3.05, 3.63) is 60.4 Å². The molecule has 0 bridgehead atoms. The molecule has 17 heavy (non-hydrogen) atoms. The zero-order chi connectivity index (χ0) is 12.3. The summed E-state index contributed by atoms with van der Waals surface area (Å²) in [4.78, 5) is 0. The standard InChI is InChI=1S/C12H11F3N2/c13-12(14,15)11(10-6-2-1-3-7-10)16-17-8-4-5-9-17/h1-9,11,16H. The molecule has 0 aliphatic heterocycles. The molecule has 90 valence electrons. The van der Waals surface area contributed by atoms with Crippen LogP contribution < -0.4 is 5.43 Å². The molecule has 0 aliphatic rings. The SMILES string of the molecule is FC(F)(F)C(Nn1cccc1)c1ccccc1. The third-order valence-corrected chi connectivity index (χ3v) is 2.34. The largest absolute Gasteiger partial charge is 0.414 e. The Morgan fingerprint density at radius 2 is 1.53 bits per heavy atom. The highest BCUT2D eigenvalue weighted by Gasteiger charge is 2.41. The maximum Gasteiger partial charge on any atom is 0.414 e. The summed E-state index contributed by atoms with van der Waals surface area (Å²) in [6.07, 6.45) is -1.28. The molecule has 2 nitrogen and oxygen atoms in total. The van der Waals surface area contributed by atoms with Crippen LogP contribution in [0.1, 0.15) is 11.6 Å². The maximum atomic E-state index is 12.9. The van der Waals surface area contributed by atoms with E-state index in [1.807, 2.05) is 0 Å². The number of halogens is 3. The molecule has 0 amide bonds. The number of rotatable bonds is 3. The van der Waals surface area contributed by atoms with E-state index in [2.05, 4.69) is 5.43 Å². The van der Waals surface area contributed by atoms with E-state index in [0.29, 0.717) is 0 Å². The lowest BCUT2D eigenvalue weighted by Crippen LogP contribution is -2.32. The van der Waals surface area contributed by atoms with Gasteiger partial charge in [-0.15, -0.1) is 0 Å². The Morgan fingerprint density at radius 3 is 2.06 bits per heavy atom. The number of nitrogens with one attached hydrogen (secondary N) is 1. The number of nitrogens with zero attached hydrogens (tertiary/aromatic N) is 1. The monoisotopic (exact) mass is 240 g/mol. The summed E-state index contributed by atoms with van der Waals surface area (Å²) in [6.45, 7) is 0. The highest BCUT2D eigenvalue weighted by molar-refractivity contribution is 5.23. The number of aromatic nitrogens is 1. The molecular weight excluding hydrogens is 229 g/mol. The van der Waals surface area contributed by atoms with Gasteiger partial charge in [-0.1, -0.05) is 30.3 Å². The van der Waals surface area contributed by atoms with Crippen LogP contribution in [-0.2, 0) is 0 Å². The van der Waals surface area contributed by atoms with E-state index >= 15 is 0 Å². The van der Waals surface area contributed by atoms with E-state index in [9.17, 15) is 13.2 Å². The van der Waals surface area contributed by atoms with Gasteiger partial charge in [0, 0.05) is 12.4 Å².